The Morgan fingerprint density at radius 2 is 1.92 bits per heavy atom. The third-order valence-corrected chi connectivity index (χ3v) is 4.62. The first-order chi connectivity index (χ1) is 12.1. The van der Waals surface area contributed by atoms with Gasteiger partial charge in [-0.1, -0.05) is 19.3 Å². The summed E-state index contributed by atoms with van der Waals surface area (Å²) in [5, 5.41) is 17.2. The Kier molecular flexibility index (Phi) is 7.37. The van der Waals surface area contributed by atoms with Gasteiger partial charge in [0.1, 0.15) is 11.5 Å². The van der Waals surface area contributed by atoms with Gasteiger partial charge in [0.05, 0.1) is 26.4 Å². The van der Waals surface area contributed by atoms with Gasteiger partial charge in [0.15, 0.2) is 5.96 Å². The molecule has 6 nitrogen and oxygen atoms in total. The lowest BCUT2D eigenvalue weighted by Gasteiger charge is -2.32. The zero-order chi connectivity index (χ0) is 18.1. The Bertz CT molecular complexity index is 569. The minimum atomic E-state index is -0.619. The van der Waals surface area contributed by atoms with E-state index in [1.807, 2.05) is 25.1 Å². The Balaban J connectivity index is 2.01. The Hall–Kier alpha value is -1.95. The van der Waals surface area contributed by atoms with Crippen LogP contribution in [-0.2, 0) is 6.54 Å². The normalized spacial score (nSPS) is 17.0. The topological polar surface area (TPSA) is 75.1 Å². The number of aliphatic hydroxyl groups is 1. The molecular weight excluding hydrogens is 318 g/mol. The molecule has 6 heteroatoms. The summed E-state index contributed by atoms with van der Waals surface area (Å²) in [5.74, 6) is 2.22. The highest BCUT2D eigenvalue weighted by Gasteiger charge is 2.29. The molecule has 2 rings (SSSR count). The molecule has 1 aromatic rings. The number of rotatable bonds is 7. The summed E-state index contributed by atoms with van der Waals surface area (Å²) < 4.78 is 10.6. The second-order valence-electron chi connectivity index (χ2n) is 6.51. The molecule has 140 valence electrons. The summed E-state index contributed by atoms with van der Waals surface area (Å²) in [5.41, 5.74) is 0.364. The zero-order valence-electron chi connectivity index (χ0n) is 15.6. The van der Waals surface area contributed by atoms with Crippen molar-refractivity contribution in [3.8, 4) is 11.5 Å². The van der Waals surface area contributed by atoms with Crippen molar-refractivity contribution < 1.29 is 14.6 Å². The molecule has 1 aliphatic carbocycles. The van der Waals surface area contributed by atoms with E-state index in [1.54, 1.807) is 14.2 Å². The van der Waals surface area contributed by atoms with E-state index in [4.69, 9.17) is 9.47 Å². The van der Waals surface area contributed by atoms with E-state index in [-0.39, 0.29) is 0 Å². The van der Waals surface area contributed by atoms with Gasteiger partial charge >= 0.3 is 0 Å². The first-order valence-corrected chi connectivity index (χ1v) is 9.05. The van der Waals surface area contributed by atoms with Crippen molar-refractivity contribution in [3.05, 3.63) is 23.8 Å². The largest absolute Gasteiger partial charge is 0.497 e. The number of ether oxygens (including phenoxy) is 2. The van der Waals surface area contributed by atoms with Gasteiger partial charge in [0.25, 0.3) is 0 Å². The summed E-state index contributed by atoms with van der Waals surface area (Å²) >= 11 is 0. The van der Waals surface area contributed by atoms with Gasteiger partial charge in [-0.25, -0.2) is 4.99 Å². The molecular formula is C19H31N3O3. The molecule has 0 heterocycles. The van der Waals surface area contributed by atoms with Crippen LogP contribution in [-0.4, -0.2) is 44.0 Å². The maximum absolute atomic E-state index is 10.6. The third kappa shape index (κ3) is 5.81. The maximum atomic E-state index is 10.6. The number of aliphatic imine (C=N–C) groups is 1. The van der Waals surface area contributed by atoms with E-state index < -0.39 is 5.60 Å². The van der Waals surface area contributed by atoms with Crippen LogP contribution in [0.25, 0.3) is 0 Å². The van der Waals surface area contributed by atoms with Crippen LogP contribution in [0.15, 0.2) is 23.2 Å². The average Bonchev–Trinajstić information content (AvgIpc) is 2.64. The molecule has 1 aliphatic rings. The zero-order valence-corrected chi connectivity index (χ0v) is 15.6. The molecule has 3 N–H and O–H groups in total. The number of hydrogen-bond acceptors (Lipinski definition) is 4. The minimum Gasteiger partial charge on any atom is -0.497 e. The summed E-state index contributed by atoms with van der Waals surface area (Å²) in [7, 11) is 3.28. The van der Waals surface area contributed by atoms with Crippen molar-refractivity contribution >= 4 is 5.96 Å². The molecule has 0 aliphatic heterocycles. The van der Waals surface area contributed by atoms with Crippen LogP contribution in [0.3, 0.4) is 0 Å². The standard InChI is InChI=1S/C19H31N3O3/c1-4-20-18(22-14-19(23)10-6-5-7-11-19)21-13-15-8-9-16(24-2)12-17(15)25-3/h8-9,12,23H,4-7,10-11,13-14H2,1-3H3,(H2,20,21,22). The van der Waals surface area contributed by atoms with E-state index in [0.717, 1.165) is 49.3 Å². The summed E-state index contributed by atoms with van der Waals surface area (Å²) in [6, 6.07) is 5.72. The third-order valence-electron chi connectivity index (χ3n) is 4.62. The van der Waals surface area contributed by atoms with Crippen LogP contribution in [0.5, 0.6) is 11.5 Å². The number of hydrogen-bond donors (Lipinski definition) is 3. The van der Waals surface area contributed by atoms with E-state index in [1.165, 1.54) is 6.42 Å². The van der Waals surface area contributed by atoms with Crippen LogP contribution >= 0.6 is 0 Å². The Morgan fingerprint density at radius 3 is 2.56 bits per heavy atom. The summed E-state index contributed by atoms with van der Waals surface area (Å²) in [4.78, 5) is 4.63. The van der Waals surface area contributed by atoms with E-state index >= 15 is 0 Å². The van der Waals surface area contributed by atoms with Crippen LogP contribution in [0, 0.1) is 0 Å². The molecule has 0 bridgehead atoms. The molecule has 25 heavy (non-hydrogen) atoms. The first-order valence-electron chi connectivity index (χ1n) is 9.05. The molecule has 0 spiro atoms. The molecule has 0 atom stereocenters. The Morgan fingerprint density at radius 1 is 1.16 bits per heavy atom. The number of nitrogens with one attached hydrogen (secondary N) is 2. The molecule has 0 unspecified atom stereocenters. The quantitative estimate of drug-likeness (QED) is 0.521. The SMILES string of the molecule is CCNC(=NCc1ccc(OC)cc1OC)NCC1(O)CCCCC1. The summed E-state index contributed by atoms with van der Waals surface area (Å²) in [6.45, 7) is 3.81. The predicted molar refractivity (Wildman–Crippen MR) is 100 cm³/mol. The van der Waals surface area contributed by atoms with Gasteiger partial charge in [-0.2, -0.15) is 0 Å². The fourth-order valence-electron chi connectivity index (χ4n) is 3.12. The highest BCUT2D eigenvalue weighted by molar-refractivity contribution is 5.79. The van der Waals surface area contributed by atoms with Gasteiger partial charge in [-0.05, 0) is 31.9 Å². The van der Waals surface area contributed by atoms with Crippen LogP contribution in [0.2, 0.25) is 0 Å². The van der Waals surface area contributed by atoms with Gasteiger partial charge in [-0.3, -0.25) is 0 Å². The van der Waals surface area contributed by atoms with Crippen LogP contribution < -0.4 is 20.1 Å². The molecule has 0 saturated heterocycles. The molecule has 0 amide bonds. The van der Waals surface area contributed by atoms with Crippen LogP contribution in [0.1, 0.15) is 44.6 Å². The van der Waals surface area contributed by atoms with Gasteiger partial charge in [-0.15, -0.1) is 0 Å². The number of benzene rings is 1. The second-order valence-corrected chi connectivity index (χ2v) is 6.51. The monoisotopic (exact) mass is 349 g/mol. The Labute approximate surface area is 150 Å². The number of guanidine groups is 1. The van der Waals surface area contributed by atoms with Gasteiger partial charge in [0.2, 0.25) is 0 Å². The maximum Gasteiger partial charge on any atom is 0.191 e. The summed E-state index contributed by atoms with van der Waals surface area (Å²) in [6.07, 6.45) is 5.11. The van der Waals surface area contributed by atoms with E-state index in [2.05, 4.69) is 15.6 Å². The lowest BCUT2D eigenvalue weighted by molar-refractivity contribution is 0.00859. The fraction of sp³-hybridized carbons (Fsp3) is 0.632. The van der Waals surface area contributed by atoms with E-state index in [9.17, 15) is 5.11 Å². The van der Waals surface area contributed by atoms with Crippen molar-refractivity contribution in [2.75, 3.05) is 27.3 Å². The average molecular weight is 349 g/mol. The number of nitrogens with zero attached hydrogens (tertiary/aromatic N) is 1. The van der Waals surface area contributed by atoms with Crippen LogP contribution in [0.4, 0.5) is 0 Å². The smallest absolute Gasteiger partial charge is 0.191 e. The van der Waals surface area contributed by atoms with E-state index in [0.29, 0.717) is 19.0 Å². The first kappa shape index (κ1) is 19.4. The minimum absolute atomic E-state index is 0.487. The van der Waals surface area contributed by atoms with Crippen molar-refractivity contribution in [2.45, 2.75) is 51.2 Å². The highest BCUT2D eigenvalue weighted by Crippen LogP contribution is 2.27. The fourth-order valence-corrected chi connectivity index (χ4v) is 3.12. The van der Waals surface area contributed by atoms with Gasteiger partial charge in [0, 0.05) is 24.7 Å². The lowest BCUT2D eigenvalue weighted by atomic mass is 9.85. The van der Waals surface area contributed by atoms with Gasteiger partial charge < -0.3 is 25.2 Å². The molecule has 1 fully saturated rings. The van der Waals surface area contributed by atoms with Crippen molar-refractivity contribution in [3.63, 3.8) is 0 Å². The highest BCUT2D eigenvalue weighted by atomic mass is 16.5. The molecule has 1 saturated carbocycles. The predicted octanol–water partition coefficient (Wildman–Crippen LogP) is 2.45. The molecule has 1 aromatic carbocycles. The molecule has 0 radical (unpaired) electrons. The second kappa shape index (κ2) is 9.51. The van der Waals surface area contributed by atoms with Crippen molar-refractivity contribution in [2.24, 2.45) is 4.99 Å². The van der Waals surface area contributed by atoms with Crippen molar-refractivity contribution in [1.29, 1.82) is 0 Å². The lowest BCUT2D eigenvalue weighted by Crippen LogP contribution is -2.48. The number of methoxy groups -OCH3 is 2. The van der Waals surface area contributed by atoms with Crippen molar-refractivity contribution in [1.82, 2.24) is 10.6 Å². The molecule has 0 aromatic heterocycles.